The summed E-state index contributed by atoms with van der Waals surface area (Å²) in [6.07, 6.45) is 0. The number of oxazole rings is 1. The second-order valence-electron chi connectivity index (χ2n) is 4.39. The van der Waals surface area contributed by atoms with E-state index in [1.165, 1.54) is 5.56 Å². The van der Waals surface area contributed by atoms with E-state index in [4.69, 9.17) is 10.2 Å². The largest absolute Gasteiger partial charge is 0.436 e. The van der Waals surface area contributed by atoms with Gasteiger partial charge in [0.2, 0.25) is 5.89 Å². The Bertz CT molecular complexity index is 683. The van der Waals surface area contributed by atoms with E-state index < -0.39 is 0 Å². The van der Waals surface area contributed by atoms with E-state index in [0.717, 1.165) is 22.2 Å². The number of aryl methyl sites for hydroxylation is 1. The molecule has 0 spiro atoms. The summed E-state index contributed by atoms with van der Waals surface area (Å²) < 4.78 is 5.74. The van der Waals surface area contributed by atoms with Crippen LogP contribution in [0.5, 0.6) is 0 Å². The van der Waals surface area contributed by atoms with Crippen LogP contribution in [0.2, 0.25) is 0 Å². The maximum absolute atomic E-state index is 5.74. The highest BCUT2D eigenvalue weighted by molar-refractivity contribution is 5.76. The van der Waals surface area contributed by atoms with Crippen LogP contribution in [-0.4, -0.2) is 4.98 Å². The lowest BCUT2D eigenvalue weighted by molar-refractivity contribution is 0.620. The van der Waals surface area contributed by atoms with E-state index in [0.29, 0.717) is 12.4 Å². The van der Waals surface area contributed by atoms with Gasteiger partial charge in [-0.3, -0.25) is 0 Å². The van der Waals surface area contributed by atoms with E-state index in [-0.39, 0.29) is 0 Å². The molecule has 90 valence electrons. The predicted octanol–water partition coefficient (Wildman–Crippen LogP) is 3.26. The Morgan fingerprint density at radius 1 is 1.11 bits per heavy atom. The number of fused-ring (bicyclic) bond motifs is 1. The van der Waals surface area contributed by atoms with Gasteiger partial charge in [-0.15, -0.1) is 0 Å². The van der Waals surface area contributed by atoms with Crippen LogP contribution in [0.1, 0.15) is 11.1 Å². The van der Waals surface area contributed by atoms with E-state index in [2.05, 4.69) is 24.0 Å². The quantitative estimate of drug-likeness (QED) is 0.745. The third kappa shape index (κ3) is 1.89. The zero-order chi connectivity index (χ0) is 12.5. The fourth-order valence-corrected chi connectivity index (χ4v) is 1.92. The number of nitrogens with two attached hydrogens (primary N) is 1. The third-order valence-corrected chi connectivity index (χ3v) is 2.99. The molecule has 3 nitrogen and oxygen atoms in total. The van der Waals surface area contributed by atoms with Gasteiger partial charge in [0, 0.05) is 12.1 Å². The second kappa shape index (κ2) is 4.27. The highest BCUT2D eigenvalue weighted by Crippen LogP contribution is 2.25. The molecule has 2 aromatic carbocycles. The topological polar surface area (TPSA) is 52.0 Å². The van der Waals surface area contributed by atoms with Gasteiger partial charge in [-0.25, -0.2) is 4.98 Å². The van der Waals surface area contributed by atoms with Crippen molar-refractivity contribution in [2.45, 2.75) is 13.5 Å². The van der Waals surface area contributed by atoms with Gasteiger partial charge in [0.15, 0.2) is 5.58 Å². The predicted molar refractivity (Wildman–Crippen MR) is 72.1 cm³/mol. The number of hydrogen-bond acceptors (Lipinski definition) is 3. The highest BCUT2D eigenvalue weighted by Gasteiger charge is 2.08. The molecule has 3 rings (SSSR count). The Morgan fingerprint density at radius 3 is 2.61 bits per heavy atom. The number of rotatable bonds is 2. The van der Waals surface area contributed by atoms with Crippen molar-refractivity contribution in [3.8, 4) is 11.5 Å². The molecule has 0 fully saturated rings. The van der Waals surface area contributed by atoms with Crippen molar-refractivity contribution >= 4 is 11.1 Å². The lowest BCUT2D eigenvalue weighted by Gasteiger charge is -1.95. The Hall–Kier alpha value is -2.13. The zero-order valence-corrected chi connectivity index (χ0v) is 10.2. The Balaban J connectivity index is 2.10. The third-order valence-electron chi connectivity index (χ3n) is 2.99. The van der Waals surface area contributed by atoms with E-state index in [9.17, 15) is 0 Å². The standard InChI is InChI=1S/C15H14N2O/c1-10-2-5-12(6-3-10)15-17-13-8-11(9-16)4-7-14(13)18-15/h2-8H,9,16H2,1H3. The summed E-state index contributed by atoms with van der Waals surface area (Å²) in [5, 5.41) is 0. The van der Waals surface area contributed by atoms with Crippen LogP contribution in [0.25, 0.3) is 22.6 Å². The first-order chi connectivity index (χ1) is 8.76. The lowest BCUT2D eigenvalue weighted by Crippen LogP contribution is -1.94. The van der Waals surface area contributed by atoms with Gasteiger partial charge in [0.05, 0.1) is 0 Å². The number of aromatic nitrogens is 1. The average molecular weight is 238 g/mol. The van der Waals surface area contributed by atoms with Crippen LogP contribution in [0.3, 0.4) is 0 Å². The molecule has 3 aromatic rings. The van der Waals surface area contributed by atoms with Crippen molar-refractivity contribution in [3.63, 3.8) is 0 Å². The SMILES string of the molecule is Cc1ccc(-c2nc3cc(CN)ccc3o2)cc1. The molecule has 0 radical (unpaired) electrons. The molecule has 1 aromatic heterocycles. The molecule has 0 amide bonds. The van der Waals surface area contributed by atoms with Crippen LogP contribution >= 0.6 is 0 Å². The summed E-state index contributed by atoms with van der Waals surface area (Å²) >= 11 is 0. The molecule has 0 saturated heterocycles. The second-order valence-corrected chi connectivity index (χ2v) is 4.39. The van der Waals surface area contributed by atoms with Gasteiger partial charge >= 0.3 is 0 Å². The first-order valence-electron chi connectivity index (χ1n) is 5.93. The normalized spacial score (nSPS) is 11.0. The Morgan fingerprint density at radius 2 is 1.89 bits per heavy atom. The molecule has 3 heteroatoms. The molecule has 0 atom stereocenters. The smallest absolute Gasteiger partial charge is 0.227 e. The molecule has 0 aliphatic heterocycles. The van der Waals surface area contributed by atoms with Crippen molar-refractivity contribution < 1.29 is 4.42 Å². The van der Waals surface area contributed by atoms with Crippen LogP contribution in [0.4, 0.5) is 0 Å². The van der Waals surface area contributed by atoms with Crippen LogP contribution in [0, 0.1) is 6.92 Å². The van der Waals surface area contributed by atoms with E-state index in [1.807, 2.05) is 30.3 Å². The van der Waals surface area contributed by atoms with Crippen molar-refractivity contribution in [2.75, 3.05) is 0 Å². The summed E-state index contributed by atoms with van der Waals surface area (Å²) in [6.45, 7) is 2.58. The summed E-state index contributed by atoms with van der Waals surface area (Å²) in [5.74, 6) is 0.652. The number of hydrogen-bond donors (Lipinski definition) is 1. The van der Waals surface area contributed by atoms with Gasteiger partial charge in [-0.05, 0) is 36.8 Å². The minimum Gasteiger partial charge on any atom is -0.436 e. The fourth-order valence-electron chi connectivity index (χ4n) is 1.92. The maximum atomic E-state index is 5.74. The Kier molecular flexibility index (Phi) is 2.61. The first-order valence-corrected chi connectivity index (χ1v) is 5.93. The van der Waals surface area contributed by atoms with Crippen LogP contribution in [-0.2, 0) is 6.54 Å². The van der Waals surface area contributed by atoms with Crippen molar-refractivity contribution in [3.05, 3.63) is 53.6 Å². The average Bonchev–Trinajstić information content (AvgIpc) is 2.82. The zero-order valence-electron chi connectivity index (χ0n) is 10.2. The molecular weight excluding hydrogens is 224 g/mol. The monoisotopic (exact) mass is 238 g/mol. The summed E-state index contributed by atoms with van der Waals surface area (Å²) in [7, 11) is 0. The number of nitrogens with zero attached hydrogens (tertiary/aromatic N) is 1. The number of benzene rings is 2. The summed E-state index contributed by atoms with van der Waals surface area (Å²) in [5.41, 5.74) is 10.5. The molecule has 0 saturated carbocycles. The molecule has 1 heterocycles. The summed E-state index contributed by atoms with van der Waals surface area (Å²) in [6, 6.07) is 14.0. The van der Waals surface area contributed by atoms with E-state index >= 15 is 0 Å². The molecular formula is C15H14N2O. The van der Waals surface area contributed by atoms with Crippen molar-refractivity contribution in [1.82, 2.24) is 4.98 Å². The van der Waals surface area contributed by atoms with Gasteiger partial charge in [0.25, 0.3) is 0 Å². The van der Waals surface area contributed by atoms with Crippen molar-refractivity contribution in [2.24, 2.45) is 5.73 Å². The molecule has 0 unspecified atom stereocenters. The van der Waals surface area contributed by atoms with E-state index in [1.54, 1.807) is 0 Å². The lowest BCUT2D eigenvalue weighted by atomic mass is 10.1. The van der Waals surface area contributed by atoms with Crippen LogP contribution in [0.15, 0.2) is 46.9 Å². The summed E-state index contributed by atoms with van der Waals surface area (Å²) in [4.78, 5) is 4.50. The van der Waals surface area contributed by atoms with Gasteiger partial charge < -0.3 is 10.2 Å². The van der Waals surface area contributed by atoms with Crippen molar-refractivity contribution in [1.29, 1.82) is 0 Å². The maximum Gasteiger partial charge on any atom is 0.227 e. The molecule has 0 bridgehead atoms. The highest BCUT2D eigenvalue weighted by atomic mass is 16.3. The first kappa shape index (κ1) is 11.0. The molecule has 0 aliphatic rings. The van der Waals surface area contributed by atoms with Crippen LogP contribution < -0.4 is 5.73 Å². The minimum atomic E-state index is 0.517. The van der Waals surface area contributed by atoms with Gasteiger partial charge in [-0.1, -0.05) is 23.8 Å². The Labute approximate surface area is 105 Å². The van der Waals surface area contributed by atoms with Gasteiger partial charge in [0.1, 0.15) is 5.52 Å². The fraction of sp³-hybridized carbons (Fsp3) is 0.133. The molecule has 0 aliphatic carbocycles. The molecule has 18 heavy (non-hydrogen) atoms. The molecule has 2 N–H and O–H groups in total. The van der Waals surface area contributed by atoms with Gasteiger partial charge in [-0.2, -0.15) is 0 Å². The minimum absolute atomic E-state index is 0.517.